The van der Waals surface area contributed by atoms with Crippen molar-refractivity contribution in [1.82, 2.24) is 14.5 Å². The molecule has 0 aliphatic heterocycles. The van der Waals surface area contributed by atoms with Gasteiger partial charge in [-0.1, -0.05) is 116 Å². The predicted molar refractivity (Wildman–Crippen MR) is 222 cm³/mol. The third kappa shape index (κ3) is 7.40. The van der Waals surface area contributed by atoms with Crippen molar-refractivity contribution in [2.45, 2.75) is 131 Å². The molecule has 0 aliphatic rings. The predicted octanol–water partition coefficient (Wildman–Crippen LogP) is 13.5. The Labute approximate surface area is 312 Å². The Kier molecular flexibility index (Phi) is 9.05. The van der Waals surface area contributed by atoms with E-state index in [0.29, 0.717) is 5.88 Å². The smallest absolute Gasteiger partial charge is 0.219 e. The molecule has 0 bridgehead atoms. The van der Waals surface area contributed by atoms with Crippen LogP contribution in [0.15, 0.2) is 85.2 Å². The van der Waals surface area contributed by atoms with Crippen LogP contribution in [0.3, 0.4) is 0 Å². The van der Waals surface area contributed by atoms with E-state index in [2.05, 4.69) is 186 Å². The van der Waals surface area contributed by atoms with Gasteiger partial charge in [0.25, 0.3) is 0 Å². The second-order valence-electron chi connectivity index (χ2n) is 19.9. The number of hydrogen-bond donors (Lipinski definition) is 0. The highest BCUT2D eigenvalue weighted by atomic mass is 16.5. The van der Waals surface area contributed by atoms with Gasteiger partial charge in [0, 0.05) is 29.2 Å². The zero-order valence-electron chi connectivity index (χ0n) is 34.3. The highest BCUT2D eigenvalue weighted by molar-refractivity contribution is 6.11. The molecule has 6 rings (SSSR count). The summed E-state index contributed by atoms with van der Waals surface area (Å²) in [5.74, 6) is 2.33. The highest BCUT2D eigenvalue weighted by Gasteiger charge is 2.27. The molecule has 52 heavy (non-hydrogen) atoms. The van der Waals surface area contributed by atoms with Crippen LogP contribution in [0, 0.1) is 0 Å². The fourth-order valence-corrected chi connectivity index (χ4v) is 6.94. The monoisotopic (exact) mass is 693 g/mol. The molecule has 3 aromatic heterocycles. The lowest BCUT2D eigenvalue weighted by Crippen LogP contribution is -2.14. The largest absolute Gasteiger partial charge is 0.439 e. The molecule has 0 saturated carbocycles. The van der Waals surface area contributed by atoms with E-state index in [-0.39, 0.29) is 27.1 Å². The van der Waals surface area contributed by atoms with Gasteiger partial charge in [-0.2, -0.15) is 0 Å². The summed E-state index contributed by atoms with van der Waals surface area (Å²) in [5, 5.41) is 2.49. The molecule has 272 valence electrons. The van der Waals surface area contributed by atoms with Crippen LogP contribution in [0.25, 0.3) is 38.8 Å². The number of benzene rings is 3. The van der Waals surface area contributed by atoms with Gasteiger partial charge < -0.3 is 4.74 Å². The average Bonchev–Trinajstić information content (AvgIpc) is 3.35. The lowest BCUT2D eigenvalue weighted by atomic mass is 9.79. The van der Waals surface area contributed by atoms with Crippen molar-refractivity contribution in [3.8, 4) is 28.6 Å². The first-order valence-corrected chi connectivity index (χ1v) is 18.8. The van der Waals surface area contributed by atoms with Gasteiger partial charge in [0.2, 0.25) is 5.88 Å². The third-order valence-corrected chi connectivity index (χ3v) is 10.3. The van der Waals surface area contributed by atoms with E-state index in [1.807, 2.05) is 12.4 Å². The Morgan fingerprint density at radius 1 is 0.462 bits per heavy atom. The molecular weight excluding hydrogens is 635 g/mol. The summed E-state index contributed by atoms with van der Waals surface area (Å²) in [6.45, 7) is 34.0. The zero-order valence-corrected chi connectivity index (χ0v) is 34.3. The van der Waals surface area contributed by atoms with E-state index in [0.717, 1.165) is 28.2 Å². The minimum Gasteiger partial charge on any atom is -0.439 e. The van der Waals surface area contributed by atoms with Crippen LogP contribution >= 0.6 is 0 Å². The third-order valence-electron chi connectivity index (χ3n) is 10.3. The number of rotatable bonds is 4. The van der Waals surface area contributed by atoms with Crippen LogP contribution in [0.4, 0.5) is 0 Å². The number of aromatic nitrogens is 3. The van der Waals surface area contributed by atoms with Crippen molar-refractivity contribution in [3.05, 3.63) is 113 Å². The summed E-state index contributed by atoms with van der Waals surface area (Å²) in [5.41, 5.74) is 10.7. The van der Waals surface area contributed by atoms with Crippen LogP contribution in [0.1, 0.15) is 132 Å². The maximum atomic E-state index is 6.63. The van der Waals surface area contributed by atoms with Crippen molar-refractivity contribution in [1.29, 1.82) is 0 Å². The summed E-state index contributed by atoms with van der Waals surface area (Å²) in [6, 6.07) is 27.1. The Balaban J connectivity index is 1.68. The average molecular weight is 694 g/mol. The van der Waals surface area contributed by atoms with Crippen LogP contribution in [0.2, 0.25) is 0 Å². The number of hydrogen-bond acceptors (Lipinski definition) is 3. The Bertz CT molecular complexity index is 2290. The van der Waals surface area contributed by atoms with E-state index < -0.39 is 0 Å². The molecule has 0 aliphatic carbocycles. The van der Waals surface area contributed by atoms with E-state index in [1.165, 1.54) is 44.2 Å². The van der Waals surface area contributed by atoms with Crippen molar-refractivity contribution >= 4 is 21.8 Å². The SMILES string of the molecule is CC(C)(C)c1cc(Oc2cc(C(C)(C)C)ccn2)cc(-c2cc3c(cc2C(C)(C)C)c2cc(C(C)(C)C)ccc2n3-c2cc(C(C)(C)C)ccn2)c1. The molecule has 0 spiro atoms. The molecule has 0 unspecified atom stereocenters. The van der Waals surface area contributed by atoms with Crippen molar-refractivity contribution in [2.75, 3.05) is 0 Å². The van der Waals surface area contributed by atoms with E-state index >= 15 is 0 Å². The number of fused-ring (bicyclic) bond motifs is 3. The van der Waals surface area contributed by atoms with Gasteiger partial charge >= 0.3 is 0 Å². The van der Waals surface area contributed by atoms with E-state index in [1.54, 1.807) is 0 Å². The molecule has 0 radical (unpaired) electrons. The molecule has 6 aromatic rings. The van der Waals surface area contributed by atoms with Crippen molar-refractivity contribution in [3.63, 3.8) is 0 Å². The zero-order chi connectivity index (χ0) is 38.2. The summed E-state index contributed by atoms with van der Waals surface area (Å²) < 4.78 is 9.00. The molecule has 3 heterocycles. The van der Waals surface area contributed by atoms with Crippen LogP contribution in [0.5, 0.6) is 11.6 Å². The maximum Gasteiger partial charge on any atom is 0.219 e. The minimum absolute atomic E-state index is 0.00846. The fourth-order valence-electron chi connectivity index (χ4n) is 6.94. The standard InChI is InChI=1S/C48H59N3O/c1-44(2,3)31-16-17-40-37(25-31)38-28-39(48(13,14)15)36(29-41(38)51(40)42-26-32(18-20-49-42)45(4,5)6)30-22-34(47(10,11)12)24-35(23-30)52-43-27-33(19-21-50-43)46(7,8)9/h16-29H,1-15H3. The molecule has 0 N–H and O–H groups in total. The summed E-state index contributed by atoms with van der Waals surface area (Å²) >= 11 is 0. The quantitative estimate of drug-likeness (QED) is 0.184. The van der Waals surface area contributed by atoms with Crippen LogP contribution in [-0.4, -0.2) is 14.5 Å². The molecular formula is C48H59N3O. The molecule has 4 nitrogen and oxygen atoms in total. The fraction of sp³-hybridized carbons (Fsp3) is 0.417. The van der Waals surface area contributed by atoms with Crippen molar-refractivity contribution < 1.29 is 4.74 Å². The van der Waals surface area contributed by atoms with Gasteiger partial charge in [0.1, 0.15) is 11.6 Å². The molecule has 0 fully saturated rings. The van der Waals surface area contributed by atoms with E-state index in [9.17, 15) is 0 Å². The number of ether oxygens (including phenoxy) is 1. The highest BCUT2D eigenvalue weighted by Crippen LogP contribution is 2.44. The Morgan fingerprint density at radius 3 is 1.62 bits per heavy atom. The molecule has 0 saturated heterocycles. The number of pyridine rings is 2. The second kappa shape index (κ2) is 12.6. The lowest BCUT2D eigenvalue weighted by Gasteiger charge is -2.26. The lowest BCUT2D eigenvalue weighted by molar-refractivity contribution is 0.456. The van der Waals surface area contributed by atoms with Gasteiger partial charge in [0.05, 0.1) is 11.0 Å². The molecule has 0 atom stereocenters. The summed E-state index contributed by atoms with van der Waals surface area (Å²) in [7, 11) is 0. The Morgan fingerprint density at radius 2 is 1.02 bits per heavy atom. The maximum absolute atomic E-state index is 6.63. The van der Waals surface area contributed by atoms with Crippen LogP contribution in [-0.2, 0) is 27.1 Å². The van der Waals surface area contributed by atoms with Gasteiger partial charge in [0.15, 0.2) is 0 Å². The number of nitrogens with zero attached hydrogens (tertiary/aromatic N) is 3. The van der Waals surface area contributed by atoms with Gasteiger partial charge in [-0.15, -0.1) is 0 Å². The van der Waals surface area contributed by atoms with Gasteiger partial charge in [-0.25, -0.2) is 9.97 Å². The molecule has 4 heteroatoms. The topological polar surface area (TPSA) is 39.9 Å². The van der Waals surface area contributed by atoms with Gasteiger partial charge in [-0.05, 0) is 121 Å². The van der Waals surface area contributed by atoms with Gasteiger partial charge in [-0.3, -0.25) is 4.57 Å². The first-order valence-electron chi connectivity index (χ1n) is 18.8. The Hall–Kier alpha value is -4.44. The first kappa shape index (κ1) is 37.3. The summed E-state index contributed by atoms with van der Waals surface area (Å²) in [4.78, 5) is 9.63. The minimum atomic E-state index is -0.134. The normalized spacial score (nSPS) is 13.3. The first-order chi connectivity index (χ1) is 23.9. The summed E-state index contributed by atoms with van der Waals surface area (Å²) in [6.07, 6.45) is 3.81. The van der Waals surface area contributed by atoms with Crippen molar-refractivity contribution in [2.24, 2.45) is 0 Å². The molecule has 3 aromatic carbocycles. The van der Waals surface area contributed by atoms with Crippen LogP contribution < -0.4 is 4.74 Å². The van der Waals surface area contributed by atoms with E-state index in [4.69, 9.17) is 9.72 Å². The second-order valence-corrected chi connectivity index (χ2v) is 19.9. The molecule has 0 amide bonds.